The number of carbonyl (C=O) groups excluding carboxylic acids is 1. The molecule has 2 heterocycles. The molecule has 1 amide bonds. The van der Waals surface area contributed by atoms with E-state index in [-0.39, 0.29) is 16.5 Å². The fourth-order valence-corrected chi connectivity index (χ4v) is 4.94. The van der Waals surface area contributed by atoms with E-state index in [1.165, 1.54) is 11.3 Å². The minimum absolute atomic E-state index is 0.158. The van der Waals surface area contributed by atoms with Crippen LogP contribution in [0.4, 0.5) is 24.5 Å². The molecule has 1 aliphatic rings. The van der Waals surface area contributed by atoms with Crippen molar-refractivity contribution < 1.29 is 31.1 Å². The lowest BCUT2D eigenvalue weighted by molar-refractivity contribution is -0.274. The van der Waals surface area contributed by atoms with Crippen LogP contribution >= 0.6 is 11.3 Å². The number of alkyl halides is 3. The monoisotopic (exact) mass is 468 g/mol. The first-order valence-corrected chi connectivity index (χ1v) is 11.4. The Kier molecular flexibility index (Phi) is 5.40. The third-order valence-corrected chi connectivity index (χ3v) is 6.83. The van der Waals surface area contributed by atoms with Gasteiger partial charge in [0.1, 0.15) is 5.75 Å². The minimum atomic E-state index is -4.87. The van der Waals surface area contributed by atoms with Gasteiger partial charge >= 0.3 is 6.36 Å². The van der Waals surface area contributed by atoms with Crippen LogP contribution in [0, 0.1) is 0 Å². The number of hydrogen-bond acceptors (Lipinski definition) is 5. The molecule has 0 bridgehead atoms. The fraction of sp³-hybridized carbons (Fsp3) is 0.150. The summed E-state index contributed by atoms with van der Waals surface area (Å²) in [7, 11) is -4.06. The second kappa shape index (κ2) is 7.89. The number of halogens is 3. The average Bonchev–Trinajstić information content (AvgIpc) is 3.36. The zero-order valence-corrected chi connectivity index (χ0v) is 17.4. The van der Waals surface area contributed by atoms with E-state index in [1.54, 1.807) is 40.6 Å². The summed E-state index contributed by atoms with van der Waals surface area (Å²) in [6.07, 6.45) is -4.21. The molecule has 0 fully saturated rings. The highest BCUT2D eigenvalue weighted by Crippen LogP contribution is 2.33. The molecule has 6 nitrogen and oxygen atoms in total. The Labute approximate surface area is 179 Å². The Morgan fingerprint density at radius 2 is 1.84 bits per heavy atom. The lowest BCUT2D eigenvalue weighted by Gasteiger charge is -2.17. The summed E-state index contributed by atoms with van der Waals surface area (Å²) in [5.41, 5.74) is 1.77. The maximum atomic E-state index is 12.7. The van der Waals surface area contributed by atoms with E-state index in [0.29, 0.717) is 23.5 Å². The third kappa shape index (κ3) is 4.67. The summed E-state index contributed by atoms with van der Waals surface area (Å²) in [6.45, 7) is 0.489. The van der Waals surface area contributed by atoms with Crippen LogP contribution in [0.5, 0.6) is 5.75 Å². The predicted octanol–water partition coefficient (Wildman–Crippen LogP) is 4.65. The lowest BCUT2D eigenvalue weighted by Crippen LogP contribution is -2.28. The van der Waals surface area contributed by atoms with Crippen LogP contribution in [0.2, 0.25) is 0 Å². The van der Waals surface area contributed by atoms with Crippen LogP contribution in [0.3, 0.4) is 0 Å². The second-order valence-electron chi connectivity index (χ2n) is 6.65. The minimum Gasteiger partial charge on any atom is -0.406 e. The number of ether oxygens (including phenoxy) is 1. The number of amides is 1. The molecule has 31 heavy (non-hydrogen) atoms. The number of anilines is 2. The van der Waals surface area contributed by atoms with Crippen molar-refractivity contribution in [2.24, 2.45) is 0 Å². The molecule has 1 N–H and O–H groups in total. The number of rotatable bonds is 5. The first kappa shape index (κ1) is 21.2. The zero-order chi connectivity index (χ0) is 22.2. The summed E-state index contributed by atoms with van der Waals surface area (Å²) < 4.78 is 68.3. The standard InChI is InChI=1S/C20H15F3N2O4S2/c21-20(22,23)29-15-5-7-16(8-6-15)31(27,28)24-14-4-3-13-9-10-25(17(13)12-14)19(26)18-2-1-11-30-18/h1-8,11-12,24H,9-10H2. The number of hydrogen-bond donors (Lipinski definition) is 1. The van der Waals surface area contributed by atoms with Gasteiger partial charge in [0, 0.05) is 12.2 Å². The van der Waals surface area contributed by atoms with Gasteiger partial charge in [0.05, 0.1) is 15.5 Å². The normalized spacial score (nSPS) is 13.7. The van der Waals surface area contributed by atoms with Crippen LogP contribution in [0.1, 0.15) is 15.2 Å². The molecule has 0 unspecified atom stereocenters. The Morgan fingerprint density at radius 1 is 1.10 bits per heavy atom. The van der Waals surface area contributed by atoms with E-state index in [4.69, 9.17) is 0 Å². The highest BCUT2D eigenvalue weighted by Gasteiger charge is 2.31. The molecule has 3 aromatic rings. The van der Waals surface area contributed by atoms with E-state index in [9.17, 15) is 26.4 Å². The van der Waals surface area contributed by atoms with Gasteiger partial charge in [-0.3, -0.25) is 9.52 Å². The predicted molar refractivity (Wildman–Crippen MR) is 110 cm³/mol. The number of sulfonamides is 1. The van der Waals surface area contributed by atoms with Crippen molar-refractivity contribution in [3.05, 3.63) is 70.4 Å². The van der Waals surface area contributed by atoms with Crippen molar-refractivity contribution in [1.29, 1.82) is 0 Å². The van der Waals surface area contributed by atoms with E-state index in [1.807, 2.05) is 0 Å². The van der Waals surface area contributed by atoms with Crippen molar-refractivity contribution in [3.63, 3.8) is 0 Å². The quantitative estimate of drug-likeness (QED) is 0.592. The Morgan fingerprint density at radius 3 is 2.48 bits per heavy atom. The van der Waals surface area contributed by atoms with E-state index in [2.05, 4.69) is 9.46 Å². The first-order chi connectivity index (χ1) is 14.6. The number of fused-ring (bicyclic) bond motifs is 1. The summed E-state index contributed by atoms with van der Waals surface area (Å²) >= 11 is 1.33. The topological polar surface area (TPSA) is 75.7 Å². The van der Waals surface area contributed by atoms with Crippen LogP contribution in [-0.4, -0.2) is 27.2 Å². The van der Waals surface area contributed by atoms with Crippen molar-refractivity contribution in [2.75, 3.05) is 16.2 Å². The van der Waals surface area contributed by atoms with Crippen LogP contribution < -0.4 is 14.4 Å². The van der Waals surface area contributed by atoms with Gasteiger partial charge in [0.25, 0.3) is 15.9 Å². The molecule has 1 aliphatic heterocycles. The first-order valence-electron chi connectivity index (χ1n) is 8.99. The van der Waals surface area contributed by atoms with Crippen LogP contribution in [0.15, 0.2) is 64.9 Å². The van der Waals surface area contributed by atoms with Gasteiger partial charge in [-0.25, -0.2) is 8.42 Å². The maximum Gasteiger partial charge on any atom is 0.573 e. The summed E-state index contributed by atoms with van der Waals surface area (Å²) in [5.74, 6) is -0.680. The van der Waals surface area contributed by atoms with Gasteiger partial charge < -0.3 is 9.64 Å². The number of thiophene rings is 1. The Balaban J connectivity index is 1.55. The van der Waals surface area contributed by atoms with Crippen LogP contribution in [-0.2, 0) is 16.4 Å². The number of nitrogens with one attached hydrogen (secondary N) is 1. The van der Waals surface area contributed by atoms with Crippen molar-refractivity contribution in [3.8, 4) is 5.75 Å². The molecule has 4 rings (SSSR count). The molecule has 0 saturated carbocycles. The smallest absolute Gasteiger partial charge is 0.406 e. The fourth-order valence-electron chi connectivity index (χ4n) is 3.22. The zero-order valence-electron chi connectivity index (χ0n) is 15.7. The SMILES string of the molecule is O=C(c1cccs1)N1CCc2ccc(NS(=O)(=O)c3ccc(OC(F)(F)F)cc3)cc21. The lowest BCUT2D eigenvalue weighted by atomic mass is 10.1. The van der Waals surface area contributed by atoms with E-state index < -0.39 is 22.1 Å². The summed E-state index contributed by atoms with van der Waals surface area (Å²) in [5, 5.41) is 1.81. The third-order valence-electron chi connectivity index (χ3n) is 4.58. The molecule has 0 radical (unpaired) electrons. The largest absolute Gasteiger partial charge is 0.573 e. The van der Waals surface area contributed by atoms with Crippen molar-refractivity contribution in [1.82, 2.24) is 0 Å². The van der Waals surface area contributed by atoms with Gasteiger partial charge in [-0.1, -0.05) is 12.1 Å². The van der Waals surface area contributed by atoms with Gasteiger partial charge in [0.15, 0.2) is 0 Å². The highest BCUT2D eigenvalue weighted by molar-refractivity contribution is 7.92. The second-order valence-corrected chi connectivity index (χ2v) is 9.28. The highest BCUT2D eigenvalue weighted by atomic mass is 32.2. The summed E-state index contributed by atoms with van der Waals surface area (Å²) in [6, 6.07) is 12.3. The van der Waals surface area contributed by atoms with E-state index in [0.717, 1.165) is 29.8 Å². The molecule has 11 heteroatoms. The molecule has 0 atom stereocenters. The molecule has 0 spiro atoms. The Hall–Kier alpha value is -3.05. The molecule has 1 aromatic heterocycles. The number of nitrogens with zero attached hydrogens (tertiary/aromatic N) is 1. The maximum absolute atomic E-state index is 12.7. The van der Waals surface area contributed by atoms with E-state index >= 15 is 0 Å². The molecule has 162 valence electrons. The Bertz CT molecular complexity index is 1210. The number of carbonyl (C=O) groups is 1. The number of benzene rings is 2. The van der Waals surface area contributed by atoms with Gasteiger partial charge in [-0.2, -0.15) is 0 Å². The van der Waals surface area contributed by atoms with Crippen molar-refractivity contribution in [2.45, 2.75) is 17.7 Å². The molecular weight excluding hydrogens is 453 g/mol. The van der Waals surface area contributed by atoms with Gasteiger partial charge in [-0.05, 0) is 59.8 Å². The van der Waals surface area contributed by atoms with Gasteiger partial charge in [-0.15, -0.1) is 24.5 Å². The van der Waals surface area contributed by atoms with Gasteiger partial charge in [0.2, 0.25) is 0 Å². The molecule has 2 aromatic carbocycles. The molecule has 0 aliphatic carbocycles. The van der Waals surface area contributed by atoms with Crippen LogP contribution in [0.25, 0.3) is 0 Å². The average molecular weight is 468 g/mol. The van der Waals surface area contributed by atoms with Crippen molar-refractivity contribution >= 4 is 38.6 Å². The molecular formula is C20H15F3N2O4S2. The summed E-state index contributed by atoms with van der Waals surface area (Å²) in [4.78, 5) is 14.7. The molecule has 0 saturated heterocycles.